The van der Waals surface area contributed by atoms with Crippen molar-refractivity contribution in [3.05, 3.63) is 34.9 Å². The summed E-state index contributed by atoms with van der Waals surface area (Å²) < 4.78 is 0. The van der Waals surface area contributed by atoms with Gasteiger partial charge in [0, 0.05) is 10.6 Å². The molecule has 0 amide bonds. The molecule has 0 heterocycles. The first kappa shape index (κ1) is 16.5. The maximum atomic E-state index is 5.99. The average Bonchev–Trinajstić information content (AvgIpc) is 2.38. The fourth-order valence-corrected chi connectivity index (χ4v) is 2.98. The third kappa shape index (κ3) is 3.95. The average molecular weight is 283 g/mol. The summed E-state index contributed by atoms with van der Waals surface area (Å²) in [6.07, 6.45) is 0. The summed E-state index contributed by atoms with van der Waals surface area (Å²) in [6.45, 7) is 14.3. The topological polar surface area (TPSA) is 15.3 Å². The first-order chi connectivity index (χ1) is 8.97. The number of likely N-dealkylation sites (N-methyl/N-ethyl adjacent to an activating group) is 2. The van der Waals surface area contributed by atoms with E-state index in [1.54, 1.807) is 0 Å². The van der Waals surface area contributed by atoms with Crippen molar-refractivity contribution >= 4 is 11.6 Å². The lowest BCUT2D eigenvalue weighted by molar-refractivity contribution is 0.0919. The largest absolute Gasteiger partial charge is 0.309 e. The Morgan fingerprint density at radius 1 is 1.11 bits per heavy atom. The van der Waals surface area contributed by atoms with E-state index in [1.165, 1.54) is 5.56 Å². The summed E-state index contributed by atoms with van der Waals surface area (Å²) in [5.74, 6) is 0. The Labute approximate surface area is 123 Å². The zero-order valence-corrected chi connectivity index (χ0v) is 13.6. The second kappa shape index (κ2) is 7.28. The van der Waals surface area contributed by atoms with Crippen molar-refractivity contribution in [3.63, 3.8) is 0 Å². The van der Waals surface area contributed by atoms with E-state index < -0.39 is 0 Å². The smallest absolute Gasteiger partial charge is 0.0501 e. The third-order valence-electron chi connectivity index (χ3n) is 3.90. The molecule has 0 bridgehead atoms. The van der Waals surface area contributed by atoms with Gasteiger partial charge in [0.25, 0.3) is 0 Å². The summed E-state index contributed by atoms with van der Waals surface area (Å²) in [7, 11) is 0. The molecule has 0 spiro atoms. The molecule has 3 heteroatoms. The fourth-order valence-electron chi connectivity index (χ4n) is 2.86. The first-order valence-corrected chi connectivity index (χ1v) is 7.59. The molecule has 1 N–H and O–H groups in total. The van der Waals surface area contributed by atoms with Crippen LogP contribution in [0.2, 0.25) is 5.02 Å². The Hall–Kier alpha value is -0.570. The van der Waals surface area contributed by atoms with Crippen LogP contribution in [0.3, 0.4) is 0 Å². The van der Waals surface area contributed by atoms with Crippen molar-refractivity contribution in [3.8, 4) is 0 Å². The monoisotopic (exact) mass is 282 g/mol. The van der Waals surface area contributed by atoms with Crippen LogP contribution in [0.25, 0.3) is 0 Å². The molecule has 1 aromatic carbocycles. The van der Waals surface area contributed by atoms with E-state index in [1.807, 2.05) is 12.1 Å². The maximum Gasteiger partial charge on any atom is 0.0501 e. The molecule has 108 valence electrons. The van der Waals surface area contributed by atoms with Crippen LogP contribution in [0.4, 0.5) is 0 Å². The van der Waals surface area contributed by atoms with Gasteiger partial charge >= 0.3 is 0 Å². The van der Waals surface area contributed by atoms with Gasteiger partial charge in [-0.05, 0) is 51.2 Å². The van der Waals surface area contributed by atoms with Crippen LogP contribution in [0, 0.1) is 0 Å². The van der Waals surface area contributed by atoms with Gasteiger partial charge in [-0.3, -0.25) is 4.90 Å². The van der Waals surface area contributed by atoms with Gasteiger partial charge < -0.3 is 5.32 Å². The van der Waals surface area contributed by atoms with Crippen LogP contribution in [0.15, 0.2) is 24.3 Å². The number of hydrogen-bond donors (Lipinski definition) is 1. The molecular weight excluding hydrogens is 256 g/mol. The number of nitrogens with one attached hydrogen (secondary N) is 1. The second-order valence-electron chi connectivity index (χ2n) is 5.37. The standard InChI is InChI=1S/C16H27ClN2/c1-6-18-15(13-9-11-14(17)12-10-13)16(4,5)19(7-2)8-3/h9-12,15,18H,6-8H2,1-5H3. The Morgan fingerprint density at radius 2 is 1.63 bits per heavy atom. The highest BCUT2D eigenvalue weighted by Gasteiger charge is 2.34. The highest BCUT2D eigenvalue weighted by molar-refractivity contribution is 6.30. The Bertz CT molecular complexity index is 369. The minimum Gasteiger partial charge on any atom is -0.309 e. The quantitative estimate of drug-likeness (QED) is 0.810. The number of hydrogen-bond acceptors (Lipinski definition) is 2. The Balaban J connectivity index is 3.08. The van der Waals surface area contributed by atoms with Gasteiger partial charge in [-0.25, -0.2) is 0 Å². The molecule has 0 aliphatic heterocycles. The lowest BCUT2D eigenvalue weighted by atomic mass is 9.86. The maximum absolute atomic E-state index is 5.99. The van der Waals surface area contributed by atoms with Crippen LogP contribution in [0.1, 0.15) is 46.2 Å². The zero-order valence-electron chi connectivity index (χ0n) is 12.8. The molecule has 2 nitrogen and oxygen atoms in total. The molecule has 0 aliphatic carbocycles. The predicted octanol–water partition coefficient (Wildman–Crippen LogP) is 4.11. The minimum atomic E-state index is 0.0628. The van der Waals surface area contributed by atoms with E-state index in [0.29, 0.717) is 6.04 Å². The molecule has 1 atom stereocenters. The molecule has 0 aliphatic rings. The molecular formula is C16H27ClN2. The Kier molecular flexibility index (Phi) is 6.31. The van der Waals surface area contributed by atoms with E-state index in [2.05, 4.69) is 57.0 Å². The number of nitrogens with zero attached hydrogens (tertiary/aromatic N) is 1. The molecule has 0 radical (unpaired) electrons. The molecule has 1 unspecified atom stereocenters. The van der Waals surface area contributed by atoms with Crippen LogP contribution in [0.5, 0.6) is 0 Å². The summed E-state index contributed by atoms with van der Waals surface area (Å²) in [5.41, 5.74) is 1.36. The molecule has 0 saturated carbocycles. The van der Waals surface area contributed by atoms with E-state index in [-0.39, 0.29) is 5.54 Å². The van der Waals surface area contributed by atoms with E-state index in [0.717, 1.165) is 24.7 Å². The molecule has 19 heavy (non-hydrogen) atoms. The van der Waals surface area contributed by atoms with E-state index in [4.69, 9.17) is 11.6 Å². The lowest BCUT2D eigenvalue weighted by Gasteiger charge is -2.44. The van der Waals surface area contributed by atoms with Crippen molar-refractivity contribution in [1.82, 2.24) is 10.2 Å². The molecule has 1 rings (SSSR count). The number of benzene rings is 1. The van der Waals surface area contributed by atoms with Gasteiger partial charge in [-0.15, -0.1) is 0 Å². The summed E-state index contributed by atoms with van der Waals surface area (Å²) in [6, 6.07) is 8.50. The highest BCUT2D eigenvalue weighted by Crippen LogP contribution is 2.31. The highest BCUT2D eigenvalue weighted by atomic mass is 35.5. The van der Waals surface area contributed by atoms with Gasteiger partial charge in [0.15, 0.2) is 0 Å². The number of rotatable bonds is 7. The van der Waals surface area contributed by atoms with Crippen molar-refractivity contribution in [2.24, 2.45) is 0 Å². The molecule has 0 saturated heterocycles. The van der Waals surface area contributed by atoms with Gasteiger partial charge in [-0.2, -0.15) is 0 Å². The third-order valence-corrected chi connectivity index (χ3v) is 4.15. The first-order valence-electron chi connectivity index (χ1n) is 7.21. The van der Waals surface area contributed by atoms with Crippen LogP contribution >= 0.6 is 11.6 Å². The van der Waals surface area contributed by atoms with Gasteiger partial charge in [-0.1, -0.05) is 44.5 Å². The van der Waals surface area contributed by atoms with Crippen molar-refractivity contribution in [2.75, 3.05) is 19.6 Å². The van der Waals surface area contributed by atoms with E-state index in [9.17, 15) is 0 Å². The van der Waals surface area contributed by atoms with Crippen molar-refractivity contribution < 1.29 is 0 Å². The fraction of sp³-hybridized carbons (Fsp3) is 0.625. The normalized spacial score (nSPS) is 13.8. The lowest BCUT2D eigenvalue weighted by Crippen LogP contribution is -2.52. The number of halogens is 1. The summed E-state index contributed by atoms with van der Waals surface area (Å²) in [5, 5.41) is 4.41. The second-order valence-corrected chi connectivity index (χ2v) is 5.80. The van der Waals surface area contributed by atoms with Crippen LogP contribution < -0.4 is 5.32 Å². The van der Waals surface area contributed by atoms with Crippen LogP contribution in [-0.4, -0.2) is 30.1 Å². The Morgan fingerprint density at radius 3 is 2.05 bits per heavy atom. The zero-order chi connectivity index (χ0) is 14.5. The van der Waals surface area contributed by atoms with Gasteiger partial charge in [0.2, 0.25) is 0 Å². The summed E-state index contributed by atoms with van der Waals surface area (Å²) >= 11 is 5.99. The molecule has 0 aromatic heterocycles. The molecule has 1 aromatic rings. The van der Waals surface area contributed by atoms with Gasteiger partial charge in [0.05, 0.1) is 6.04 Å². The predicted molar refractivity (Wildman–Crippen MR) is 84.9 cm³/mol. The van der Waals surface area contributed by atoms with Gasteiger partial charge in [0.1, 0.15) is 0 Å². The van der Waals surface area contributed by atoms with Crippen molar-refractivity contribution in [1.29, 1.82) is 0 Å². The SMILES string of the molecule is CCNC(c1ccc(Cl)cc1)C(C)(C)N(CC)CC. The molecule has 0 fully saturated rings. The van der Waals surface area contributed by atoms with Crippen molar-refractivity contribution in [2.45, 2.75) is 46.2 Å². The van der Waals surface area contributed by atoms with E-state index >= 15 is 0 Å². The minimum absolute atomic E-state index is 0.0628. The van der Waals surface area contributed by atoms with Crippen LogP contribution in [-0.2, 0) is 0 Å². The summed E-state index contributed by atoms with van der Waals surface area (Å²) in [4.78, 5) is 2.49.